The van der Waals surface area contributed by atoms with E-state index in [4.69, 9.17) is 19.9 Å². The minimum atomic E-state index is -1.02. The van der Waals surface area contributed by atoms with Crippen LogP contribution in [0.4, 0.5) is 38.5 Å². The van der Waals surface area contributed by atoms with Crippen molar-refractivity contribution in [2.45, 2.75) is 141 Å². The molecule has 70 heavy (non-hydrogen) atoms. The van der Waals surface area contributed by atoms with E-state index in [-0.39, 0.29) is 43.6 Å². The van der Waals surface area contributed by atoms with Crippen molar-refractivity contribution in [3.63, 3.8) is 0 Å². The number of hydrogen-bond donors (Lipinski definition) is 5. The molecular weight excluding hydrogens is 905 g/mol. The Bertz CT molecular complexity index is 2330. The SMILES string of the molecule is CC(C)(C)OC(=O)NC(Cc1cc(F)cc(F)c1)C1CO1.CCc1ccc2c(c1)C(N)CCN2C.CCc1ccc2c(c1)C(NC[C@@H](O)[C@H](Cc1cc(F)cc(F)c1)NC(=O)OC(C)(C)C)CCN2C. The van der Waals surface area contributed by atoms with Gasteiger partial charge in [-0.2, -0.15) is 0 Å². The number of benzene rings is 4. The first kappa shape index (κ1) is 55.5. The number of anilines is 2. The van der Waals surface area contributed by atoms with Crippen LogP contribution in [0.3, 0.4) is 0 Å². The van der Waals surface area contributed by atoms with Gasteiger partial charge in [0.15, 0.2) is 0 Å². The third-order valence-corrected chi connectivity index (χ3v) is 12.1. The Morgan fingerprint density at radius 3 is 1.64 bits per heavy atom. The number of nitrogens with one attached hydrogen (secondary N) is 3. The Balaban J connectivity index is 0.000000219. The van der Waals surface area contributed by atoms with E-state index in [1.807, 2.05) is 0 Å². The molecule has 0 radical (unpaired) electrons. The molecule has 2 amide bonds. The van der Waals surface area contributed by atoms with Crippen LogP contribution in [0.15, 0.2) is 72.8 Å². The van der Waals surface area contributed by atoms with Gasteiger partial charge in [0.25, 0.3) is 0 Å². The van der Waals surface area contributed by atoms with Crippen LogP contribution in [0, 0.1) is 23.3 Å². The van der Waals surface area contributed by atoms with Gasteiger partial charge in [0.2, 0.25) is 0 Å². The first-order valence-electron chi connectivity index (χ1n) is 24.3. The van der Waals surface area contributed by atoms with Gasteiger partial charge in [-0.15, -0.1) is 0 Å². The average Bonchev–Trinajstić information content (AvgIpc) is 4.11. The van der Waals surface area contributed by atoms with Gasteiger partial charge in [-0.25, -0.2) is 27.2 Å². The van der Waals surface area contributed by atoms with Crippen LogP contribution in [0.5, 0.6) is 0 Å². The Labute approximate surface area is 411 Å². The molecule has 4 aromatic rings. The Hall–Kier alpha value is -5.42. The summed E-state index contributed by atoms with van der Waals surface area (Å²) in [5.74, 6) is -2.70. The predicted octanol–water partition coefficient (Wildman–Crippen LogP) is 9.38. The highest BCUT2D eigenvalue weighted by molar-refractivity contribution is 5.69. The summed E-state index contributed by atoms with van der Waals surface area (Å²) in [4.78, 5) is 28.8. The van der Waals surface area contributed by atoms with E-state index in [9.17, 15) is 32.3 Å². The second-order valence-electron chi connectivity index (χ2n) is 20.4. The number of nitrogens with two attached hydrogens (primary N) is 1. The number of alkyl carbamates (subject to hydrolysis) is 2. The first-order chi connectivity index (χ1) is 32.9. The number of epoxide rings is 1. The van der Waals surface area contributed by atoms with Crippen molar-refractivity contribution in [3.05, 3.63) is 129 Å². The molecule has 7 rings (SSSR count). The standard InChI is InChI=1S/C27H37F2N3O3.C15H19F2NO3.C12H18N2/c1-6-17-7-8-24-21(13-17)22(9-10-32(24)5)30-16-25(33)23(31-26(34)35-27(2,3)4)14-18-11-19(28)15-20(29)12-18;1-15(2,3)21-14(19)18-12(13-8-20-13)6-9-4-10(16)7-11(17)5-9;1-3-9-4-5-12-10(8-9)11(13)6-7-14(12)2/h7-8,11-13,15,22-23,25,30,33H,6,9-10,14,16H2,1-5H3,(H,31,34);4-5,7,12-13H,6,8H2,1-3H3,(H,18,19);4-5,8,11H,3,6-7,13H2,1-2H3/t22?,23-,25+;;/m0../s1. The lowest BCUT2D eigenvalue weighted by atomic mass is 9.93. The topological polar surface area (TPSA) is 154 Å². The maximum atomic E-state index is 13.8. The van der Waals surface area contributed by atoms with Gasteiger partial charge in [-0.05, 0) is 150 Å². The number of halogens is 4. The molecule has 0 aromatic heterocycles. The van der Waals surface area contributed by atoms with Crippen LogP contribution < -0.4 is 31.5 Å². The smallest absolute Gasteiger partial charge is 0.407 e. The fourth-order valence-electron chi connectivity index (χ4n) is 8.47. The molecule has 1 fully saturated rings. The maximum Gasteiger partial charge on any atom is 0.407 e. The number of carbonyl (C=O) groups is 2. The molecule has 4 aromatic carbocycles. The summed E-state index contributed by atoms with van der Waals surface area (Å²) in [5, 5.41) is 19.9. The molecule has 3 heterocycles. The minimum Gasteiger partial charge on any atom is -0.444 e. The number of amides is 2. The number of hydrogen-bond acceptors (Lipinski definition) is 10. The number of aryl methyl sites for hydroxylation is 2. The molecule has 384 valence electrons. The van der Waals surface area contributed by atoms with Crippen molar-refractivity contribution in [2.75, 3.05) is 50.1 Å². The van der Waals surface area contributed by atoms with Gasteiger partial charge in [-0.3, -0.25) is 0 Å². The Morgan fingerprint density at radius 1 is 0.700 bits per heavy atom. The molecule has 3 aliphatic rings. The molecule has 0 spiro atoms. The monoisotopic (exact) mass is 979 g/mol. The van der Waals surface area contributed by atoms with Crippen molar-refractivity contribution < 1.29 is 46.5 Å². The minimum absolute atomic E-state index is 0.0381. The molecule has 0 saturated carbocycles. The van der Waals surface area contributed by atoms with Crippen LogP contribution >= 0.6 is 0 Å². The molecule has 3 aliphatic heterocycles. The second-order valence-corrected chi connectivity index (χ2v) is 20.4. The summed E-state index contributed by atoms with van der Waals surface area (Å²) in [6, 6.07) is 18.7. The Kier molecular flexibility index (Phi) is 19.5. The van der Waals surface area contributed by atoms with Gasteiger partial charge in [0.05, 0.1) is 24.8 Å². The Morgan fingerprint density at radius 2 is 1.16 bits per heavy atom. The molecular formula is C54H74F4N6O6. The molecule has 4 unspecified atom stereocenters. The molecule has 0 aliphatic carbocycles. The molecule has 6 atom stereocenters. The summed E-state index contributed by atoms with van der Waals surface area (Å²) >= 11 is 0. The fourth-order valence-corrected chi connectivity index (χ4v) is 8.47. The van der Waals surface area contributed by atoms with Crippen molar-refractivity contribution in [3.8, 4) is 0 Å². The van der Waals surface area contributed by atoms with Crippen molar-refractivity contribution >= 4 is 23.6 Å². The van der Waals surface area contributed by atoms with Crippen LogP contribution in [0.25, 0.3) is 0 Å². The highest BCUT2D eigenvalue weighted by Gasteiger charge is 2.35. The predicted molar refractivity (Wildman–Crippen MR) is 267 cm³/mol. The lowest BCUT2D eigenvalue weighted by Crippen LogP contribution is -2.50. The number of nitrogens with zero attached hydrogens (tertiary/aromatic N) is 2. The van der Waals surface area contributed by atoms with Crippen molar-refractivity contribution in [2.24, 2.45) is 5.73 Å². The number of ether oxygens (including phenoxy) is 3. The van der Waals surface area contributed by atoms with E-state index in [2.05, 4.69) is 90.1 Å². The zero-order chi connectivity index (χ0) is 51.5. The largest absolute Gasteiger partial charge is 0.444 e. The number of fused-ring (bicyclic) bond motifs is 2. The second kappa shape index (κ2) is 24.6. The summed E-state index contributed by atoms with van der Waals surface area (Å²) in [7, 11) is 4.20. The van der Waals surface area contributed by atoms with E-state index in [0.29, 0.717) is 17.7 Å². The summed E-state index contributed by atoms with van der Waals surface area (Å²) < 4.78 is 69.6. The highest BCUT2D eigenvalue weighted by Crippen LogP contribution is 2.35. The molecule has 16 heteroatoms. The van der Waals surface area contributed by atoms with Gasteiger partial charge in [-0.1, -0.05) is 38.1 Å². The summed E-state index contributed by atoms with van der Waals surface area (Å²) in [6.07, 6.45) is 1.83. The van der Waals surface area contributed by atoms with Crippen molar-refractivity contribution in [1.82, 2.24) is 16.0 Å². The molecule has 1 saturated heterocycles. The number of aliphatic hydroxyl groups excluding tert-OH is 1. The third-order valence-electron chi connectivity index (χ3n) is 12.1. The maximum absolute atomic E-state index is 13.8. The van der Waals surface area contributed by atoms with E-state index in [1.54, 1.807) is 41.5 Å². The lowest BCUT2D eigenvalue weighted by molar-refractivity contribution is 0.0418. The number of aliphatic hydroxyl groups is 1. The number of carbonyl (C=O) groups excluding carboxylic acids is 2. The summed E-state index contributed by atoms with van der Waals surface area (Å²) in [5.41, 5.74) is 13.1. The summed E-state index contributed by atoms with van der Waals surface area (Å²) in [6.45, 7) is 17.4. The molecule has 12 nitrogen and oxygen atoms in total. The zero-order valence-electron chi connectivity index (χ0n) is 42.4. The fraction of sp³-hybridized carbons (Fsp3) is 0.519. The average molecular weight is 979 g/mol. The van der Waals surface area contributed by atoms with Gasteiger partial charge in [0.1, 0.15) is 40.6 Å². The van der Waals surface area contributed by atoms with Crippen LogP contribution in [-0.4, -0.2) is 93.1 Å². The quantitative estimate of drug-likeness (QED) is 0.0647. The highest BCUT2D eigenvalue weighted by atomic mass is 19.1. The van der Waals surface area contributed by atoms with E-state index in [1.165, 1.54) is 52.2 Å². The van der Waals surface area contributed by atoms with E-state index >= 15 is 0 Å². The molecule has 6 N–H and O–H groups in total. The van der Waals surface area contributed by atoms with E-state index < -0.39 is 58.8 Å². The molecule has 0 bridgehead atoms. The van der Waals surface area contributed by atoms with Gasteiger partial charge >= 0.3 is 12.2 Å². The third kappa shape index (κ3) is 17.5. The van der Waals surface area contributed by atoms with Crippen LogP contribution in [0.2, 0.25) is 0 Å². The first-order valence-corrected chi connectivity index (χ1v) is 24.3. The zero-order valence-corrected chi connectivity index (χ0v) is 42.4. The van der Waals surface area contributed by atoms with Crippen molar-refractivity contribution in [1.29, 1.82) is 0 Å². The normalized spacial score (nSPS) is 18.6. The lowest BCUT2D eigenvalue weighted by Gasteiger charge is -2.35. The number of rotatable bonds is 13. The van der Waals surface area contributed by atoms with Crippen LogP contribution in [-0.2, 0) is 39.9 Å². The van der Waals surface area contributed by atoms with Gasteiger partial charge in [0, 0.05) is 69.3 Å². The van der Waals surface area contributed by atoms with Gasteiger partial charge < -0.3 is 50.8 Å². The van der Waals surface area contributed by atoms with E-state index in [0.717, 1.165) is 56.6 Å². The van der Waals surface area contributed by atoms with Crippen LogP contribution in [0.1, 0.15) is 114 Å².